The number of allylic oxidation sites excluding steroid dienone is 24. The summed E-state index contributed by atoms with van der Waals surface area (Å²) in [6.45, 7) is 3.90. The molecule has 1 N–H and O–H groups in total. The maximum absolute atomic E-state index is 12.3. The summed E-state index contributed by atoms with van der Waals surface area (Å²) in [4.78, 5) is 24.6. The van der Waals surface area contributed by atoms with Crippen LogP contribution >= 0.6 is 0 Å². The zero-order valence-electron chi connectivity index (χ0n) is 49.2. The molecular weight excluding hydrogens is 933 g/mol. The Kier molecular flexibility index (Phi) is 61.5. The maximum atomic E-state index is 12.3. The van der Waals surface area contributed by atoms with E-state index in [1.165, 1.54) is 109 Å². The molecule has 0 bridgehead atoms. The van der Waals surface area contributed by atoms with Crippen molar-refractivity contribution in [2.24, 2.45) is 0 Å². The van der Waals surface area contributed by atoms with Crippen molar-refractivity contribution in [3.8, 4) is 0 Å². The first-order valence-electron chi connectivity index (χ1n) is 31.4. The second-order valence-electron chi connectivity index (χ2n) is 20.4. The van der Waals surface area contributed by atoms with Crippen LogP contribution in [0.25, 0.3) is 0 Å². The molecule has 1 atom stereocenters. The van der Waals surface area contributed by atoms with Crippen LogP contribution in [0.2, 0.25) is 0 Å². The van der Waals surface area contributed by atoms with Gasteiger partial charge in [0.25, 0.3) is 0 Å². The number of carbonyl (C=O) groups is 2. The van der Waals surface area contributed by atoms with Gasteiger partial charge in [0.05, 0.1) is 6.61 Å². The van der Waals surface area contributed by atoms with E-state index in [0.717, 1.165) is 135 Å². The van der Waals surface area contributed by atoms with Crippen LogP contribution in [0, 0.1) is 0 Å². The van der Waals surface area contributed by atoms with Crippen molar-refractivity contribution >= 4 is 11.9 Å². The highest BCUT2D eigenvalue weighted by Gasteiger charge is 2.16. The molecule has 5 heteroatoms. The zero-order chi connectivity index (χ0) is 54.8. The number of unbranched alkanes of at least 4 members (excludes halogenated alkanes) is 24. The van der Waals surface area contributed by atoms with Gasteiger partial charge in [-0.15, -0.1) is 0 Å². The van der Waals surface area contributed by atoms with Gasteiger partial charge < -0.3 is 14.6 Å². The molecule has 76 heavy (non-hydrogen) atoms. The molecule has 0 aromatic carbocycles. The average Bonchev–Trinajstić information content (AvgIpc) is 3.42. The van der Waals surface area contributed by atoms with Crippen molar-refractivity contribution in [3.05, 3.63) is 146 Å². The molecule has 1 unspecified atom stereocenters. The molecule has 0 saturated heterocycles. The molecule has 0 heterocycles. The van der Waals surface area contributed by atoms with E-state index in [0.29, 0.717) is 12.8 Å². The molecule has 0 rings (SSSR count). The molecule has 0 radical (unpaired) electrons. The van der Waals surface area contributed by atoms with Crippen LogP contribution in [0.5, 0.6) is 0 Å². The summed E-state index contributed by atoms with van der Waals surface area (Å²) in [5.74, 6) is -0.613. The molecule has 0 aliphatic heterocycles. The van der Waals surface area contributed by atoms with Gasteiger partial charge in [-0.1, -0.05) is 288 Å². The second-order valence-corrected chi connectivity index (χ2v) is 20.4. The predicted octanol–water partition coefficient (Wildman–Crippen LogP) is 21.8. The highest BCUT2D eigenvalue weighted by Crippen LogP contribution is 2.16. The van der Waals surface area contributed by atoms with E-state index < -0.39 is 6.10 Å². The minimum absolute atomic E-state index is 0.0814. The molecular formula is C71H116O5. The summed E-state index contributed by atoms with van der Waals surface area (Å²) in [7, 11) is 0. The minimum Gasteiger partial charge on any atom is -0.462 e. The number of rotatable bonds is 56. The Morgan fingerprint density at radius 1 is 0.303 bits per heavy atom. The van der Waals surface area contributed by atoms with Gasteiger partial charge in [0, 0.05) is 12.8 Å². The lowest BCUT2D eigenvalue weighted by Crippen LogP contribution is -2.28. The van der Waals surface area contributed by atoms with Gasteiger partial charge in [-0.25, -0.2) is 0 Å². The summed E-state index contributed by atoms with van der Waals surface area (Å²) in [6.07, 6.45) is 98.4. The van der Waals surface area contributed by atoms with Crippen molar-refractivity contribution in [1.29, 1.82) is 0 Å². The van der Waals surface area contributed by atoms with Gasteiger partial charge in [0.1, 0.15) is 6.61 Å². The standard InChI is InChI=1S/C71H116O5/c1-3-5-7-9-11-13-15-17-19-21-23-25-26-27-28-29-30-31-32-33-34-35-36-37-38-39-40-41-42-43-44-46-48-50-52-54-56-58-60-62-64-66-71(74)76-69(67-72)68-75-70(73)65-63-61-59-57-55-53-51-49-47-45-24-22-20-18-16-14-12-10-8-6-4-2/h5-8,11-14,17-20,23-25,27-28,30-31,33-34,45,49,51,69,72H,3-4,9-10,15-16,21-22,26,29,32,35-44,46-48,50,52-68H2,1-2H3/b7-5-,8-6-,13-11-,14-12-,19-17-,20-18-,25-23-,28-27-,31-30-,34-33-,45-24-,51-49-. The normalized spacial score (nSPS) is 13.2. The van der Waals surface area contributed by atoms with Gasteiger partial charge in [0.15, 0.2) is 6.10 Å². The van der Waals surface area contributed by atoms with Crippen LogP contribution in [-0.2, 0) is 19.1 Å². The smallest absolute Gasteiger partial charge is 0.306 e. The fourth-order valence-electron chi connectivity index (χ4n) is 8.50. The minimum atomic E-state index is -0.789. The number of aliphatic hydroxyl groups excluding tert-OH is 1. The lowest BCUT2D eigenvalue weighted by atomic mass is 10.0. The van der Waals surface area contributed by atoms with Gasteiger partial charge in [-0.05, 0) is 116 Å². The van der Waals surface area contributed by atoms with E-state index in [1.807, 2.05) is 0 Å². The average molecular weight is 1050 g/mol. The van der Waals surface area contributed by atoms with E-state index >= 15 is 0 Å². The summed E-state index contributed by atoms with van der Waals surface area (Å²) >= 11 is 0. The fraction of sp³-hybridized carbons (Fsp3) is 0.634. The molecule has 5 nitrogen and oxygen atoms in total. The Bertz CT molecular complexity index is 1610. The first-order chi connectivity index (χ1) is 37.6. The van der Waals surface area contributed by atoms with E-state index in [2.05, 4.69) is 160 Å². The van der Waals surface area contributed by atoms with E-state index in [1.54, 1.807) is 0 Å². The third kappa shape index (κ3) is 62.3. The molecule has 0 amide bonds. The maximum Gasteiger partial charge on any atom is 0.306 e. The number of ether oxygens (including phenoxy) is 2. The molecule has 0 aromatic rings. The molecule has 0 aliphatic rings. The van der Waals surface area contributed by atoms with Crippen molar-refractivity contribution in [1.82, 2.24) is 0 Å². The highest BCUT2D eigenvalue weighted by molar-refractivity contribution is 5.70. The number of hydrogen-bond acceptors (Lipinski definition) is 5. The molecule has 0 saturated carbocycles. The quantitative estimate of drug-likeness (QED) is 0.0373. The van der Waals surface area contributed by atoms with Crippen LogP contribution in [-0.4, -0.2) is 36.4 Å². The van der Waals surface area contributed by atoms with E-state index in [4.69, 9.17) is 9.47 Å². The van der Waals surface area contributed by atoms with Crippen molar-refractivity contribution in [2.45, 2.75) is 277 Å². The third-order valence-electron chi connectivity index (χ3n) is 13.1. The highest BCUT2D eigenvalue weighted by atomic mass is 16.6. The van der Waals surface area contributed by atoms with Crippen LogP contribution in [0.1, 0.15) is 271 Å². The van der Waals surface area contributed by atoms with Gasteiger partial charge in [-0.2, -0.15) is 0 Å². The second kappa shape index (κ2) is 65.1. The number of carbonyl (C=O) groups excluding carboxylic acids is 2. The first-order valence-corrected chi connectivity index (χ1v) is 31.4. The van der Waals surface area contributed by atoms with E-state index in [9.17, 15) is 14.7 Å². The Hall–Kier alpha value is -4.22. The van der Waals surface area contributed by atoms with Crippen molar-refractivity contribution in [2.75, 3.05) is 13.2 Å². The topological polar surface area (TPSA) is 72.8 Å². The van der Waals surface area contributed by atoms with Crippen LogP contribution in [0.15, 0.2) is 146 Å². The predicted molar refractivity (Wildman–Crippen MR) is 334 cm³/mol. The molecule has 0 fully saturated rings. The summed E-state index contributed by atoms with van der Waals surface area (Å²) in [5.41, 5.74) is 0. The fourth-order valence-corrected chi connectivity index (χ4v) is 8.50. The lowest BCUT2D eigenvalue weighted by Gasteiger charge is -2.15. The first kappa shape index (κ1) is 71.8. The van der Waals surface area contributed by atoms with E-state index in [-0.39, 0.29) is 25.2 Å². The third-order valence-corrected chi connectivity index (χ3v) is 13.1. The van der Waals surface area contributed by atoms with Crippen molar-refractivity contribution in [3.63, 3.8) is 0 Å². The monoisotopic (exact) mass is 1050 g/mol. The molecule has 0 aromatic heterocycles. The Morgan fingerprint density at radius 2 is 0.526 bits per heavy atom. The largest absolute Gasteiger partial charge is 0.462 e. The number of esters is 2. The Morgan fingerprint density at radius 3 is 0.789 bits per heavy atom. The summed E-state index contributed by atoms with van der Waals surface area (Å²) in [5, 5.41) is 9.67. The van der Waals surface area contributed by atoms with Crippen LogP contribution < -0.4 is 0 Å². The van der Waals surface area contributed by atoms with Gasteiger partial charge in [-0.3, -0.25) is 9.59 Å². The van der Waals surface area contributed by atoms with Crippen molar-refractivity contribution < 1.29 is 24.2 Å². The SMILES string of the molecule is CC/C=C\C/C=C\C/C=C\C/C=C\C/C=C\C/C=C\C/C=C\CCCCCCCCCCCCCCCCCCCCCC(=O)OC(CO)COC(=O)CCCCCCC/C=C\C/C=C\C/C=C\C/C=C\C/C=C\CC. The van der Waals surface area contributed by atoms with Gasteiger partial charge in [0.2, 0.25) is 0 Å². The molecule has 0 spiro atoms. The van der Waals surface area contributed by atoms with Crippen LogP contribution in [0.4, 0.5) is 0 Å². The number of hydrogen-bond donors (Lipinski definition) is 1. The van der Waals surface area contributed by atoms with Crippen LogP contribution in [0.3, 0.4) is 0 Å². The Balaban J connectivity index is 3.50. The van der Waals surface area contributed by atoms with Gasteiger partial charge >= 0.3 is 11.9 Å². The molecule has 430 valence electrons. The number of aliphatic hydroxyl groups is 1. The lowest BCUT2D eigenvalue weighted by molar-refractivity contribution is -0.161. The zero-order valence-corrected chi connectivity index (χ0v) is 49.2. The summed E-state index contributed by atoms with van der Waals surface area (Å²) in [6, 6.07) is 0. The summed E-state index contributed by atoms with van der Waals surface area (Å²) < 4.78 is 10.7. The Labute approximate surface area is 469 Å². The molecule has 0 aliphatic carbocycles.